The molecule has 2 aromatic heterocycles. The number of aromatic nitrogens is 6. The van der Waals surface area contributed by atoms with Gasteiger partial charge in [-0.3, -0.25) is 4.79 Å². The zero-order valence-electron chi connectivity index (χ0n) is 13.2. The maximum Gasteiger partial charge on any atom is 0.300 e. The van der Waals surface area contributed by atoms with Crippen molar-refractivity contribution in [3.63, 3.8) is 0 Å². The smallest absolute Gasteiger partial charge is 0.300 e. The monoisotopic (exact) mass is 339 g/mol. The normalized spacial score (nSPS) is 10.0. The van der Waals surface area contributed by atoms with Gasteiger partial charge in [-0.1, -0.05) is 17.8 Å². The van der Waals surface area contributed by atoms with E-state index in [-0.39, 0.29) is 0 Å². The first kappa shape index (κ1) is 18.8. The Morgan fingerprint density at radius 3 is 2.70 bits per heavy atom. The van der Waals surface area contributed by atoms with Crippen molar-refractivity contribution in [1.29, 1.82) is 0 Å². The predicted molar refractivity (Wildman–Crippen MR) is 86.7 cm³/mol. The number of thioether (sulfide) groups is 1. The topological polar surface area (TPSA) is 125 Å². The fourth-order valence-electron chi connectivity index (χ4n) is 1.67. The highest BCUT2D eigenvalue weighted by Gasteiger charge is 2.12. The summed E-state index contributed by atoms with van der Waals surface area (Å²) in [7, 11) is 0. The minimum atomic E-state index is -0.833. The molecule has 0 saturated carbocycles. The number of hydrogen-bond donors (Lipinski definition) is 2. The summed E-state index contributed by atoms with van der Waals surface area (Å²) in [5.41, 5.74) is 5.64. The summed E-state index contributed by atoms with van der Waals surface area (Å²) < 4.78 is 3.97. The van der Waals surface area contributed by atoms with E-state index in [9.17, 15) is 0 Å². The number of aliphatic carboxylic acids is 1. The average molecular weight is 339 g/mol. The number of hydrogen-bond acceptors (Lipinski definition) is 7. The Labute approximate surface area is 138 Å². The molecule has 2 rings (SSSR count). The van der Waals surface area contributed by atoms with Crippen LogP contribution >= 0.6 is 11.8 Å². The number of allylic oxidation sites excluding steroid dienone is 1. The lowest BCUT2D eigenvalue weighted by Gasteiger charge is -2.06. The van der Waals surface area contributed by atoms with E-state index in [1.807, 2.05) is 9.13 Å². The van der Waals surface area contributed by atoms with Crippen LogP contribution in [0.4, 0.5) is 0 Å². The molecule has 2 aromatic rings. The molecule has 9 nitrogen and oxygen atoms in total. The number of carbonyl (C=O) groups is 1. The second-order valence-electron chi connectivity index (χ2n) is 4.34. The third-order valence-electron chi connectivity index (χ3n) is 2.65. The molecule has 0 aliphatic heterocycles. The lowest BCUT2D eigenvalue weighted by Crippen LogP contribution is -2.08. The van der Waals surface area contributed by atoms with Gasteiger partial charge in [0.15, 0.2) is 5.16 Å². The summed E-state index contributed by atoms with van der Waals surface area (Å²) in [6.07, 6.45) is 3.54. The van der Waals surface area contributed by atoms with Crippen LogP contribution in [0.15, 0.2) is 24.1 Å². The molecule has 0 saturated heterocycles. The van der Waals surface area contributed by atoms with Crippen molar-refractivity contribution in [1.82, 2.24) is 29.5 Å². The van der Waals surface area contributed by atoms with E-state index in [1.54, 1.807) is 24.2 Å². The van der Waals surface area contributed by atoms with Crippen LogP contribution in [0.3, 0.4) is 0 Å². The summed E-state index contributed by atoms with van der Waals surface area (Å²) in [4.78, 5) is 9.00. The second-order valence-corrected chi connectivity index (χ2v) is 5.29. The zero-order valence-corrected chi connectivity index (χ0v) is 14.0. The molecule has 0 bridgehead atoms. The lowest BCUT2D eigenvalue weighted by molar-refractivity contribution is -0.134. The van der Waals surface area contributed by atoms with Gasteiger partial charge in [-0.15, -0.1) is 27.0 Å². The summed E-state index contributed by atoms with van der Waals surface area (Å²) in [5.74, 6) is 1.56. The van der Waals surface area contributed by atoms with Crippen LogP contribution in [0.1, 0.15) is 25.5 Å². The highest BCUT2D eigenvalue weighted by atomic mass is 32.2. The zero-order chi connectivity index (χ0) is 17.2. The van der Waals surface area contributed by atoms with Crippen LogP contribution in [-0.4, -0.2) is 40.6 Å². The first-order chi connectivity index (χ1) is 11.0. The van der Waals surface area contributed by atoms with Crippen LogP contribution in [0.5, 0.6) is 0 Å². The Morgan fingerprint density at radius 2 is 2.13 bits per heavy atom. The van der Waals surface area contributed by atoms with E-state index >= 15 is 0 Å². The van der Waals surface area contributed by atoms with E-state index in [4.69, 9.17) is 15.6 Å². The van der Waals surface area contributed by atoms with Gasteiger partial charge in [-0.05, 0) is 6.92 Å². The van der Waals surface area contributed by atoms with Gasteiger partial charge in [-0.2, -0.15) is 0 Å². The predicted octanol–water partition coefficient (Wildman–Crippen LogP) is 0.917. The highest BCUT2D eigenvalue weighted by Crippen LogP contribution is 2.21. The largest absolute Gasteiger partial charge is 0.481 e. The van der Waals surface area contributed by atoms with Gasteiger partial charge >= 0.3 is 0 Å². The van der Waals surface area contributed by atoms with Crippen molar-refractivity contribution in [3.05, 3.63) is 30.6 Å². The number of carboxylic acid groups (broad SMARTS) is 1. The number of nitrogens with two attached hydrogens (primary N) is 1. The van der Waals surface area contributed by atoms with Gasteiger partial charge in [0.25, 0.3) is 5.97 Å². The van der Waals surface area contributed by atoms with E-state index in [2.05, 4.69) is 33.9 Å². The standard InChI is InChI=1S/C11H17N7S.C2H4O2/c1-3-5-18-9(6-12)15-16-11(18)19-7-10-14-13-8-17(10)4-2;1-2(3)4/h3,8H,1,4-7,12H2,2H3;1H3,(H,3,4). The molecule has 0 radical (unpaired) electrons. The molecule has 0 spiro atoms. The molecule has 126 valence electrons. The number of rotatable bonds is 7. The minimum Gasteiger partial charge on any atom is -0.481 e. The van der Waals surface area contributed by atoms with Crippen LogP contribution in [0.25, 0.3) is 0 Å². The Bertz CT molecular complexity index is 634. The van der Waals surface area contributed by atoms with Crippen molar-refractivity contribution in [2.75, 3.05) is 0 Å². The van der Waals surface area contributed by atoms with Crippen LogP contribution in [0.2, 0.25) is 0 Å². The summed E-state index contributed by atoms with van der Waals surface area (Å²) >= 11 is 1.57. The Hall–Kier alpha value is -2.20. The minimum absolute atomic E-state index is 0.368. The van der Waals surface area contributed by atoms with Gasteiger partial charge in [0.05, 0.1) is 12.3 Å². The van der Waals surface area contributed by atoms with E-state index in [0.29, 0.717) is 18.8 Å². The van der Waals surface area contributed by atoms with Gasteiger partial charge in [0, 0.05) is 20.0 Å². The molecule has 0 fully saturated rings. The molecule has 3 N–H and O–H groups in total. The van der Waals surface area contributed by atoms with Gasteiger partial charge < -0.3 is 20.0 Å². The van der Waals surface area contributed by atoms with E-state index < -0.39 is 5.97 Å². The number of aryl methyl sites for hydroxylation is 1. The van der Waals surface area contributed by atoms with E-state index in [1.165, 1.54) is 0 Å². The molecule has 0 atom stereocenters. The van der Waals surface area contributed by atoms with Gasteiger partial charge in [-0.25, -0.2) is 0 Å². The molecule has 23 heavy (non-hydrogen) atoms. The van der Waals surface area contributed by atoms with Gasteiger partial charge in [0.1, 0.15) is 18.0 Å². The van der Waals surface area contributed by atoms with Crippen molar-refractivity contribution in [2.45, 2.75) is 44.4 Å². The lowest BCUT2D eigenvalue weighted by atomic mass is 10.5. The van der Waals surface area contributed by atoms with Crippen molar-refractivity contribution < 1.29 is 9.90 Å². The number of carboxylic acids is 1. The van der Waals surface area contributed by atoms with Gasteiger partial charge in [0.2, 0.25) is 0 Å². The Morgan fingerprint density at radius 1 is 1.43 bits per heavy atom. The molecular formula is C13H21N7O2S. The molecule has 0 unspecified atom stereocenters. The van der Waals surface area contributed by atoms with Crippen molar-refractivity contribution in [2.24, 2.45) is 5.73 Å². The Balaban J connectivity index is 0.000000593. The molecule has 0 aromatic carbocycles. The third kappa shape index (κ3) is 5.83. The summed E-state index contributed by atoms with van der Waals surface area (Å²) in [6.45, 7) is 8.76. The average Bonchev–Trinajstić information content (AvgIpc) is 3.11. The second kappa shape index (κ2) is 9.74. The number of nitrogens with zero attached hydrogens (tertiary/aromatic N) is 6. The molecule has 0 amide bonds. The Kier molecular flexibility index (Phi) is 7.98. The molecule has 10 heteroatoms. The highest BCUT2D eigenvalue weighted by molar-refractivity contribution is 7.98. The van der Waals surface area contributed by atoms with E-state index in [0.717, 1.165) is 30.3 Å². The first-order valence-corrected chi connectivity index (χ1v) is 7.94. The summed E-state index contributed by atoms with van der Waals surface area (Å²) in [5, 5.41) is 24.5. The van der Waals surface area contributed by atoms with Crippen LogP contribution in [0, 0.1) is 0 Å². The fraction of sp³-hybridized carbons (Fsp3) is 0.462. The third-order valence-corrected chi connectivity index (χ3v) is 3.62. The summed E-state index contributed by atoms with van der Waals surface area (Å²) in [6, 6.07) is 0. The maximum absolute atomic E-state index is 9.00. The van der Waals surface area contributed by atoms with Crippen LogP contribution < -0.4 is 5.73 Å². The SMILES string of the molecule is C=CCn1c(CN)nnc1SCc1nncn1CC.CC(=O)O. The van der Waals surface area contributed by atoms with Crippen LogP contribution in [-0.2, 0) is 30.2 Å². The maximum atomic E-state index is 9.00. The van der Waals surface area contributed by atoms with Crippen molar-refractivity contribution >= 4 is 17.7 Å². The van der Waals surface area contributed by atoms with Crippen molar-refractivity contribution in [3.8, 4) is 0 Å². The fourth-order valence-corrected chi connectivity index (χ4v) is 2.59. The molecule has 0 aliphatic carbocycles. The molecule has 0 aliphatic rings. The first-order valence-electron chi connectivity index (χ1n) is 6.95. The quantitative estimate of drug-likeness (QED) is 0.563. The molecule has 2 heterocycles. The molecular weight excluding hydrogens is 318 g/mol.